The van der Waals surface area contributed by atoms with Crippen molar-refractivity contribution in [2.24, 2.45) is 0 Å². The molecule has 19 aromatic rings. The lowest BCUT2D eigenvalue weighted by atomic mass is 9.95. The van der Waals surface area contributed by atoms with Gasteiger partial charge < -0.3 is 13.3 Å². The summed E-state index contributed by atoms with van der Waals surface area (Å²) in [5.41, 5.74) is 17.3. The summed E-state index contributed by atoms with van der Waals surface area (Å²) < 4.78 is 26.2. The molecule has 0 radical (unpaired) electrons. The molecule has 12 aromatic carbocycles. The minimum absolute atomic E-state index is 0.471. The molecule has 0 spiro atoms. The van der Waals surface area contributed by atoms with E-state index in [1.54, 1.807) is 0 Å². The van der Waals surface area contributed by atoms with Crippen LogP contribution < -0.4 is 0 Å². The lowest BCUT2D eigenvalue weighted by Gasteiger charge is -2.14. The topological polar surface area (TPSA) is 92.9 Å². The Hall–Kier alpha value is -11.6. The maximum atomic E-state index is 6.49. The Morgan fingerprint density at radius 3 is 0.726 bits per heavy atom. The summed E-state index contributed by atoms with van der Waals surface area (Å²) in [6.07, 6.45) is 0. The highest BCUT2D eigenvalue weighted by atomic mass is 16.3. The van der Waals surface area contributed by atoms with Crippen LogP contribution in [0, 0.1) is 0 Å². The first-order chi connectivity index (χ1) is 41.7. The van der Waals surface area contributed by atoms with Gasteiger partial charge in [0, 0.05) is 64.6 Å². The molecule has 19 rings (SSSR count). The molecule has 0 saturated heterocycles. The van der Waals surface area contributed by atoms with Crippen molar-refractivity contribution in [2.45, 2.75) is 0 Å². The van der Waals surface area contributed by atoms with Gasteiger partial charge in [-0.15, -0.1) is 0 Å². The third-order valence-corrected chi connectivity index (χ3v) is 17.4. The molecule has 9 nitrogen and oxygen atoms in total. The van der Waals surface area contributed by atoms with Crippen molar-refractivity contribution < 1.29 is 13.3 Å². The maximum absolute atomic E-state index is 6.49. The Labute approximate surface area is 476 Å². The average molecular weight is 1080 g/mol. The Bertz CT molecular complexity index is 5430. The van der Waals surface area contributed by atoms with E-state index in [-0.39, 0.29) is 0 Å². The monoisotopic (exact) mass is 1070 g/mol. The second-order valence-electron chi connectivity index (χ2n) is 21.7. The number of hydrogen-bond acceptors (Lipinski definition) is 6. The molecule has 0 unspecified atom stereocenters. The molecule has 7 aromatic heterocycles. The van der Waals surface area contributed by atoms with Gasteiger partial charge in [-0.05, 0) is 106 Å². The van der Waals surface area contributed by atoms with Crippen LogP contribution in [0.15, 0.2) is 268 Å². The van der Waals surface area contributed by atoms with Crippen molar-refractivity contribution in [2.75, 3.05) is 0 Å². The highest BCUT2D eigenvalue weighted by molar-refractivity contribution is 6.24. The summed E-state index contributed by atoms with van der Waals surface area (Å²) >= 11 is 0. The lowest BCUT2D eigenvalue weighted by molar-refractivity contribution is 0.668. The van der Waals surface area contributed by atoms with E-state index >= 15 is 0 Å². The smallest absolute Gasteiger partial charge is 0.241 e. The Balaban J connectivity index is 0.926. The lowest BCUT2D eigenvalue weighted by Crippen LogP contribution is -2.13. The zero-order chi connectivity index (χ0) is 54.7. The first kappa shape index (κ1) is 45.2. The van der Waals surface area contributed by atoms with E-state index in [0.717, 1.165) is 165 Å². The molecule has 9 heteroatoms. The molecule has 0 aliphatic heterocycles. The van der Waals surface area contributed by atoms with E-state index in [1.165, 1.54) is 0 Å². The van der Waals surface area contributed by atoms with E-state index < -0.39 is 0 Å². The molecule has 7 heterocycles. The summed E-state index contributed by atoms with van der Waals surface area (Å²) in [4.78, 5) is 17.2. The summed E-state index contributed by atoms with van der Waals surface area (Å²) in [6.45, 7) is 0. The molecule has 0 aliphatic rings. The van der Waals surface area contributed by atoms with Crippen LogP contribution in [0.4, 0.5) is 0 Å². The van der Waals surface area contributed by atoms with Crippen molar-refractivity contribution in [1.82, 2.24) is 28.7 Å². The van der Waals surface area contributed by atoms with E-state index in [1.807, 2.05) is 36.4 Å². The average Bonchev–Trinajstić information content (AvgIpc) is 4.34. The fourth-order valence-corrected chi connectivity index (χ4v) is 14.0. The number of hydrogen-bond donors (Lipinski definition) is 0. The SMILES string of the molecule is c1ccc2c(c1)oc1cccc(-c3cccc4c3c3ccccc3n4-c3nc(-n4c5ccccc5c5c(-c6cccc7oc8ccccc8c67)cccc54)nc(-n4c5ccccc5c5c(-c6cccc7oc8ccccc8c67)cccc54)n3)c12. The maximum Gasteiger partial charge on any atom is 0.241 e. The van der Waals surface area contributed by atoms with Gasteiger partial charge in [0.1, 0.15) is 33.5 Å². The van der Waals surface area contributed by atoms with E-state index in [2.05, 4.69) is 232 Å². The summed E-state index contributed by atoms with van der Waals surface area (Å²) in [6, 6.07) is 89.5. The van der Waals surface area contributed by atoms with E-state index in [9.17, 15) is 0 Å². The number of para-hydroxylation sites is 6. The molecule has 0 N–H and O–H groups in total. The van der Waals surface area contributed by atoms with Gasteiger partial charge in [0.2, 0.25) is 17.8 Å². The molecular formula is C75H42N6O3. The summed E-state index contributed by atoms with van der Waals surface area (Å²) in [5, 5.41) is 12.9. The Morgan fingerprint density at radius 1 is 0.190 bits per heavy atom. The first-order valence-corrected chi connectivity index (χ1v) is 28.3. The summed E-state index contributed by atoms with van der Waals surface area (Å²) in [5.74, 6) is 1.41. The molecule has 390 valence electrons. The fourth-order valence-electron chi connectivity index (χ4n) is 14.0. The van der Waals surface area contributed by atoms with Gasteiger partial charge in [-0.3, -0.25) is 13.7 Å². The quantitative estimate of drug-likeness (QED) is 0.165. The molecule has 0 atom stereocenters. The molecular weight excluding hydrogens is 1030 g/mol. The Kier molecular flexibility index (Phi) is 9.15. The molecule has 0 saturated carbocycles. The zero-order valence-electron chi connectivity index (χ0n) is 44.7. The molecule has 0 fully saturated rings. The predicted molar refractivity (Wildman–Crippen MR) is 341 cm³/mol. The van der Waals surface area contributed by atoms with Gasteiger partial charge in [0.05, 0.1) is 33.1 Å². The third kappa shape index (κ3) is 6.18. The Morgan fingerprint density at radius 2 is 0.417 bits per heavy atom. The van der Waals surface area contributed by atoms with Crippen molar-refractivity contribution in [3.63, 3.8) is 0 Å². The molecule has 84 heavy (non-hydrogen) atoms. The number of rotatable bonds is 6. The van der Waals surface area contributed by atoms with Gasteiger partial charge in [0.25, 0.3) is 0 Å². The minimum atomic E-state index is 0.471. The summed E-state index contributed by atoms with van der Waals surface area (Å²) in [7, 11) is 0. The standard InChI is InChI=1S/C75H42N6O3/c1-7-31-55-49(19-1)67-43(46-28-16-40-64-70(46)52-22-4-10-37-61(52)82-64)25-13-34-58(67)79(55)73-76-74(80-56-32-8-2-20-50(56)68-44(26-14-35-59(68)80)47-29-17-41-65-71(47)53-23-5-11-38-62(53)83-65)78-75(77-73)81-57-33-9-3-21-51(57)69-45(27-15-36-60(69)81)48-30-18-42-66-72(48)54-24-6-12-39-63(54)84-66/h1-42H. The zero-order valence-corrected chi connectivity index (χ0v) is 44.7. The van der Waals surface area contributed by atoms with Crippen molar-refractivity contribution in [3.05, 3.63) is 255 Å². The van der Waals surface area contributed by atoms with Gasteiger partial charge in [-0.25, -0.2) is 0 Å². The largest absolute Gasteiger partial charge is 0.456 e. The highest BCUT2D eigenvalue weighted by Crippen LogP contribution is 2.47. The van der Waals surface area contributed by atoms with Crippen LogP contribution in [-0.4, -0.2) is 28.7 Å². The van der Waals surface area contributed by atoms with Crippen LogP contribution in [0.25, 0.3) is 182 Å². The molecule has 0 aliphatic carbocycles. The van der Waals surface area contributed by atoms with Crippen LogP contribution >= 0.6 is 0 Å². The van der Waals surface area contributed by atoms with E-state index in [4.69, 9.17) is 28.2 Å². The second-order valence-corrected chi connectivity index (χ2v) is 21.7. The van der Waals surface area contributed by atoms with Gasteiger partial charge in [-0.1, -0.05) is 182 Å². The molecule has 0 amide bonds. The number of aromatic nitrogens is 6. The number of furan rings is 3. The van der Waals surface area contributed by atoms with Crippen LogP contribution in [-0.2, 0) is 0 Å². The van der Waals surface area contributed by atoms with Gasteiger partial charge in [0.15, 0.2) is 0 Å². The highest BCUT2D eigenvalue weighted by Gasteiger charge is 2.27. The number of benzene rings is 12. The molecule has 0 bridgehead atoms. The van der Waals surface area contributed by atoms with Crippen LogP contribution in [0.2, 0.25) is 0 Å². The third-order valence-electron chi connectivity index (χ3n) is 17.4. The van der Waals surface area contributed by atoms with Crippen molar-refractivity contribution in [1.29, 1.82) is 0 Å². The second kappa shape index (κ2) is 17.0. The fraction of sp³-hybridized carbons (Fsp3) is 0. The number of fused-ring (bicyclic) bond motifs is 18. The normalized spacial score (nSPS) is 12.3. The van der Waals surface area contributed by atoms with Crippen LogP contribution in [0.5, 0.6) is 0 Å². The van der Waals surface area contributed by atoms with Gasteiger partial charge >= 0.3 is 0 Å². The first-order valence-electron chi connectivity index (χ1n) is 28.3. The van der Waals surface area contributed by atoms with Crippen molar-refractivity contribution in [3.8, 4) is 51.2 Å². The van der Waals surface area contributed by atoms with Gasteiger partial charge in [-0.2, -0.15) is 15.0 Å². The van der Waals surface area contributed by atoms with E-state index in [0.29, 0.717) is 17.8 Å². The minimum Gasteiger partial charge on any atom is -0.456 e. The van der Waals surface area contributed by atoms with Crippen LogP contribution in [0.3, 0.4) is 0 Å². The van der Waals surface area contributed by atoms with Crippen LogP contribution in [0.1, 0.15) is 0 Å². The van der Waals surface area contributed by atoms with Crippen molar-refractivity contribution >= 4 is 131 Å². The predicted octanol–water partition coefficient (Wildman–Crippen LogP) is 19.9. The number of nitrogens with zero attached hydrogens (tertiary/aromatic N) is 6.